The third-order valence-corrected chi connectivity index (χ3v) is 5.62. The summed E-state index contributed by atoms with van der Waals surface area (Å²) in [6, 6.07) is 12.7. The Bertz CT molecular complexity index is 1410. The van der Waals surface area contributed by atoms with Crippen molar-refractivity contribution in [3.63, 3.8) is 0 Å². The second-order valence-electron chi connectivity index (χ2n) is 8.60. The third kappa shape index (κ3) is 5.81. The Morgan fingerprint density at radius 3 is 2.67 bits per heavy atom. The zero-order valence-corrected chi connectivity index (χ0v) is 20.5. The van der Waals surface area contributed by atoms with Gasteiger partial charge in [-0.05, 0) is 44.4 Å². The van der Waals surface area contributed by atoms with E-state index in [0.29, 0.717) is 28.4 Å². The Kier molecular flexibility index (Phi) is 7.50. The predicted octanol–water partition coefficient (Wildman–Crippen LogP) is 4.70. The van der Waals surface area contributed by atoms with Crippen LogP contribution in [0.25, 0.3) is 22.0 Å². The summed E-state index contributed by atoms with van der Waals surface area (Å²) in [5.41, 5.74) is 4.26. The van der Waals surface area contributed by atoms with E-state index in [4.69, 9.17) is 4.98 Å². The van der Waals surface area contributed by atoms with Gasteiger partial charge in [0.25, 0.3) is 0 Å². The van der Waals surface area contributed by atoms with Crippen molar-refractivity contribution in [2.75, 3.05) is 49.8 Å². The fraction of sp³-hybridized carbons (Fsp3) is 0.185. The third-order valence-electron chi connectivity index (χ3n) is 5.62. The van der Waals surface area contributed by atoms with E-state index in [1.165, 1.54) is 18.3 Å². The van der Waals surface area contributed by atoms with Crippen LogP contribution in [0.15, 0.2) is 73.7 Å². The van der Waals surface area contributed by atoms with Gasteiger partial charge in [-0.2, -0.15) is 0 Å². The highest BCUT2D eigenvalue weighted by Crippen LogP contribution is 2.31. The zero-order valence-electron chi connectivity index (χ0n) is 20.5. The SMILES string of the molecule is C=CC(=O)Nc1cc(Nc2ncc3cccc(-c4cncc(F)c4)c3n2)ccc1N(C)CCN(C)C. The molecule has 2 aromatic carbocycles. The molecule has 2 heterocycles. The monoisotopic (exact) mass is 485 g/mol. The van der Waals surface area contributed by atoms with Crippen molar-refractivity contribution in [1.29, 1.82) is 0 Å². The lowest BCUT2D eigenvalue weighted by atomic mass is 10.0. The highest BCUT2D eigenvalue weighted by atomic mass is 19.1. The summed E-state index contributed by atoms with van der Waals surface area (Å²) in [6.45, 7) is 5.19. The molecule has 0 bridgehead atoms. The van der Waals surface area contributed by atoms with Crippen LogP contribution in [0.4, 0.5) is 27.4 Å². The molecule has 2 aromatic heterocycles. The molecule has 0 aliphatic carbocycles. The predicted molar refractivity (Wildman–Crippen MR) is 143 cm³/mol. The van der Waals surface area contributed by atoms with Crippen LogP contribution in [0.3, 0.4) is 0 Å². The van der Waals surface area contributed by atoms with Gasteiger partial charge in [0.1, 0.15) is 5.82 Å². The molecule has 2 N–H and O–H groups in total. The summed E-state index contributed by atoms with van der Waals surface area (Å²) in [7, 11) is 6.01. The van der Waals surface area contributed by atoms with Crippen molar-refractivity contribution in [1.82, 2.24) is 19.9 Å². The lowest BCUT2D eigenvalue weighted by molar-refractivity contribution is -0.111. The van der Waals surface area contributed by atoms with E-state index in [1.807, 2.05) is 57.5 Å². The van der Waals surface area contributed by atoms with Gasteiger partial charge in [0.15, 0.2) is 0 Å². The average Bonchev–Trinajstić information content (AvgIpc) is 2.87. The maximum Gasteiger partial charge on any atom is 0.247 e. The maximum atomic E-state index is 13.8. The number of hydrogen-bond acceptors (Lipinski definition) is 7. The van der Waals surface area contributed by atoms with Gasteiger partial charge in [0.05, 0.1) is 23.1 Å². The number of carbonyl (C=O) groups is 1. The molecule has 36 heavy (non-hydrogen) atoms. The Morgan fingerprint density at radius 1 is 1.08 bits per heavy atom. The van der Waals surface area contributed by atoms with Crippen LogP contribution in [-0.2, 0) is 4.79 Å². The lowest BCUT2D eigenvalue weighted by Gasteiger charge is -2.24. The van der Waals surface area contributed by atoms with Gasteiger partial charge in [-0.1, -0.05) is 24.8 Å². The largest absolute Gasteiger partial charge is 0.372 e. The van der Waals surface area contributed by atoms with Crippen molar-refractivity contribution in [3.05, 3.63) is 79.5 Å². The molecule has 0 atom stereocenters. The van der Waals surface area contributed by atoms with E-state index in [2.05, 4.69) is 37.0 Å². The molecule has 184 valence electrons. The van der Waals surface area contributed by atoms with Gasteiger partial charge in [-0.15, -0.1) is 0 Å². The fourth-order valence-corrected chi connectivity index (χ4v) is 3.74. The molecule has 0 aliphatic rings. The van der Waals surface area contributed by atoms with E-state index in [9.17, 15) is 9.18 Å². The average molecular weight is 486 g/mol. The highest BCUT2D eigenvalue weighted by Gasteiger charge is 2.13. The van der Waals surface area contributed by atoms with E-state index in [1.54, 1.807) is 12.4 Å². The molecule has 8 nitrogen and oxygen atoms in total. The van der Waals surface area contributed by atoms with E-state index >= 15 is 0 Å². The number of benzene rings is 2. The maximum absolute atomic E-state index is 13.8. The summed E-state index contributed by atoms with van der Waals surface area (Å²) in [5, 5.41) is 6.92. The number of rotatable bonds is 9. The molecule has 0 aliphatic heterocycles. The van der Waals surface area contributed by atoms with Crippen molar-refractivity contribution >= 4 is 39.8 Å². The van der Waals surface area contributed by atoms with Gasteiger partial charge in [0, 0.05) is 54.7 Å². The standard InChI is InChI=1S/C27H28FN7O/c1-5-25(36)32-23-14-21(9-10-24(23)35(4)12-11-34(2)3)31-27-30-16-18-7-6-8-22(26(18)33-27)19-13-20(28)17-29-15-19/h5-10,13-17H,1,11-12H2,2-4H3,(H,32,36)(H,30,31,33). The van der Waals surface area contributed by atoms with E-state index in [0.717, 1.165) is 29.7 Å². The second-order valence-corrected chi connectivity index (χ2v) is 8.60. The Balaban J connectivity index is 1.67. The van der Waals surface area contributed by atoms with Crippen LogP contribution >= 0.6 is 0 Å². The minimum atomic E-state index is -0.415. The molecule has 0 radical (unpaired) electrons. The van der Waals surface area contributed by atoms with Crippen LogP contribution in [0.1, 0.15) is 0 Å². The number of para-hydroxylation sites is 1. The van der Waals surface area contributed by atoms with Crippen molar-refractivity contribution in [2.45, 2.75) is 0 Å². The minimum Gasteiger partial charge on any atom is -0.372 e. The van der Waals surface area contributed by atoms with Crippen LogP contribution in [0.5, 0.6) is 0 Å². The quantitative estimate of drug-likeness (QED) is 0.333. The first kappa shape index (κ1) is 24.7. The number of nitrogens with zero attached hydrogens (tertiary/aromatic N) is 5. The van der Waals surface area contributed by atoms with Crippen molar-refractivity contribution in [3.8, 4) is 11.1 Å². The molecule has 0 unspecified atom stereocenters. The van der Waals surface area contributed by atoms with Gasteiger partial charge < -0.3 is 20.4 Å². The summed E-state index contributed by atoms with van der Waals surface area (Å²) in [6.07, 6.45) is 5.72. The summed E-state index contributed by atoms with van der Waals surface area (Å²) >= 11 is 0. The molecule has 4 rings (SSSR count). The number of amides is 1. The molecule has 0 spiro atoms. The Labute approximate surface area is 209 Å². The number of anilines is 4. The molecule has 0 fully saturated rings. The second kappa shape index (κ2) is 10.9. The van der Waals surface area contributed by atoms with Gasteiger partial charge in [-0.25, -0.2) is 14.4 Å². The van der Waals surface area contributed by atoms with Gasteiger partial charge in [-0.3, -0.25) is 9.78 Å². The minimum absolute atomic E-state index is 0.301. The lowest BCUT2D eigenvalue weighted by Crippen LogP contribution is -2.29. The zero-order chi connectivity index (χ0) is 25.7. The van der Waals surface area contributed by atoms with Crippen molar-refractivity contribution in [2.24, 2.45) is 0 Å². The molecule has 4 aromatic rings. The first-order chi connectivity index (χ1) is 17.3. The molecular weight excluding hydrogens is 457 g/mol. The molecule has 9 heteroatoms. The van der Waals surface area contributed by atoms with Crippen LogP contribution in [-0.4, -0.2) is 60.0 Å². The Morgan fingerprint density at radius 2 is 1.92 bits per heavy atom. The smallest absolute Gasteiger partial charge is 0.247 e. The summed E-state index contributed by atoms with van der Waals surface area (Å²) < 4.78 is 13.8. The summed E-state index contributed by atoms with van der Waals surface area (Å²) in [4.78, 5) is 29.4. The highest BCUT2D eigenvalue weighted by molar-refractivity contribution is 6.01. The van der Waals surface area contributed by atoms with Crippen LogP contribution in [0.2, 0.25) is 0 Å². The van der Waals surface area contributed by atoms with Crippen LogP contribution < -0.4 is 15.5 Å². The molecule has 0 saturated heterocycles. The summed E-state index contributed by atoms with van der Waals surface area (Å²) in [5.74, 6) is -0.347. The topological polar surface area (TPSA) is 86.3 Å². The number of hydrogen-bond donors (Lipinski definition) is 2. The molecule has 0 saturated carbocycles. The fourth-order valence-electron chi connectivity index (χ4n) is 3.74. The van der Waals surface area contributed by atoms with E-state index in [-0.39, 0.29) is 5.91 Å². The van der Waals surface area contributed by atoms with Gasteiger partial charge >= 0.3 is 0 Å². The van der Waals surface area contributed by atoms with Gasteiger partial charge in [0.2, 0.25) is 11.9 Å². The normalized spacial score (nSPS) is 10.9. The number of likely N-dealkylation sites (N-methyl/N-ethyl adjacent to an activating group) is 2. The number of carbonyl (C=O) groups excluding carboxylic acids is 1. The number of fused-ring (bicyclic) bond motifs is 1. The number of halogens is 1. The molecule has 1 amide bonds. The van der Waals surface area contributed by atoms with Crippen molar-refractivity contribution < 1.29 is 9.18 Å². The first-order valence-electron chi connectivity index (χ1n) is 11.4. The number of nitrogens with one attached hydrogen (secondary N) is 2. The van der Waals surface area contributed by atoms with E-state index < -0.39 is 5.82 Å². The Hall–Kier alpha value is -4.37. The first-order valence-corrected chi connectivity index (χ1v) is 11.4. The molecular formula is C27H28FN7O. The number of aromatic nitrogens is 3. The number of pyridine rings is 1. The van der Waals surface area contributed by atoms with Crippen LogP contribution in [0, 0.1) is 5.82 Å².